The molecule has 0 atom stereocenters. The Hall–Kier alpha value is -2.68. The molecule has 0 saturated heterocycles. The van der Waals surface area contributed by atoms with Crippen molar-refractivity contribution in [3.8, 4) is 11.3 Å². The van der Waals surface area contributed by atoms with Gasteiger partial charge in [-0.05, 0) is 12.1 Å². The number of nitrogens with two attached hydrogens (primary N) is 1. The second-order valence-electron chi connectivity index (χ2n) is 5.48. The summed E-state index contributed by atoms with van der Waals surface area (Å²) in [5, 5.41) is 7.47. The van der Waals surface area contributed by atoms with Crippen molar-refractivity contribution in [2.45, 2.75) is 6.54 Å². The SMILES string of the molecule is COCCn1nccc1C(=O)Nc1cnc(-c2cccc(Cl)c2Cl)c(N)n1. The molecule has 3 rings (SSSR count). The highest BCUT2D eigenvalue weighted by atomic mass is 35.5. The average Bonchev–Trinajstić information content (AvgIpc) is 3.11. The van der Waals surface area contributed by atoms with Crippen molar-refractivity contribution in [3.05, 3.63) is 52.4 Å². The van der Waals surface area contributed by atoms with Gasteiger partial charge in [-0.2, -0.15) is 5.10 Å². The summed E-state index contributed by atoms with van der Waals surface area (Å²) in [6.07, 6.45) is 2.94. The van der Waals surface area contributed by atoms with Crippen molar-refractivity contribution < 1.29 is 9.53 Å². The Morgan fingerprint density at radius 2 is 2.15 bits per heavy atom. The predicted octanol–water partition coefficient (Wildman–Crippen LogP) is 3.13. The van der Waals surface area contributed by atoms with E-state index in [-0.39, 0.29) is 17.5 Å². The highest BCUT2D eigenvalue weighted by molar-refractivity contribution is 6.43. The van der Waals surface area contributed by atoms with E-state index in [1.54, 1.807) is 31.4 Å². The van der Waals surface area contributed by atoms with E-state index in [1.165, 1.54) is 17.1 Å². The van der Waals surface area contributed by atoms with E-state index in [0.29, 0.717) is 40.1 Å². The lowest BCUT2D eigenvalue weighted by molar-refractivity contribution is 0.101. The van der Waals surface area contributed by atoms with Gasteiger partial charge in [0.1, 0.15) is 11.4 Å². The van der Waals surface area contributed by atoms with Gasteiger partial charge in [0, 0.05) is 18.9 Å². The number of nitrogen functional groups attached to an aromatic ring is 1. The Kier molecular flexibility index (Phi) is 5.90. The normalized spacial score (nSPS) is 10.8. The monoisotopic (exact) mass is 406 g/mol. The number of aromatic nitrogens is 4. The molecule has 10 heteroatoms. The summed E-state index contributed by atoms with van der Waals surface area (Å²) in [6.45, 7) is 0.885. The van der Waals surface area contributed by atoms with Crippen molar-refractivity contribution in [3.63, 3.8) is 0 Å². The van der Waals surface area contributed by atoms with Crippen LogP contribution in [-0.4, -0.2) is 39.4 Å². The van der Waals surface area contributed by atoms with Crippen LogP contribution in [0.15, 0.2) is 36.7 Å². The molecule has 27 heavy (non-hydrogen) atoms. The van der Waals surface area contributed by atoms with Gasteiger partial charge >= 0.3 is 0 Å². The number of methoxy groups -OCH3 is 1. The first-order valence-corrected chi connectivity index (χ1v) is 8.66. The zero-order chi connectivity index (χ0) is 19.4. The lowest BCUT2D eigenvalue weighted by atomic mass is 10.1. The third kappa shape index (κ3) is 4.19. The number of nitrogens with one attached hydrogen (secondary N) is 1. The minimum atomic E-state index is -0.383. The number of amides is 1. The van der Waals surface area contributed by atoms with Gasteiger partial charge in [-0.3, -0.25) is 9.48 Å². The van der Waals surface area contributed by atoms with Crippen LogP contribution in [0, 0.1) is 0 Å². The summed E-state index contributed by atoms with van der Waals surface area (Å²) in [4.78, 5) is 20.9. The minimum absolute atomic E-state index is 0.116. The van der Waals surface area contributed by atoms with E-state index in [4.69, 9.17) is 33.7 Å². The minimum Gasteiger partial charge on any atom is -0.383 e. The molecule has 3 aromatic rings. The van der Waals surface area contributed by atoms with E-state index < -0.39 is 0 Å². The summed E-state index contributed by atoms with van der Waals surface area (Å²) < 4.78 is 6.54. The lowest BCUT2D eigenvalue weighted by Gasteiger charge is -2.10. The lowest BCUT2D eigenvalue weighted by Crippen LogP contribution is -2.20. The van der Waals surface area contributed by atoms with E-state index in [1.807, 2.05) is 0 Å². The zero-order valence-corrected chi connectivity index (χ0v) is 15.8. The molecular formula is C17H16Cl2N6O2. The molecule has 0 bridgehead atoms. The fourth-order valence-corrected chi connectivity index (χ4v) is 2.81. The van der Waals surface area contributed by atoms with Crippen LogP contribution in [0.2, 0.25) is 10.0 Å². The molecule has 0 aliphatic rings. The molecule has 3 N–H and O–H groups in total. The van der Waals surface area contributed by atoms with Crippen molar-refractivity contribution in [1.29, 1.82) is 0 Å². The van der Waals surface area contributed by atoms with E-state index in [9.17, 15) is 4.79 Å². The molecule has 0 radical (unpaired) electrons. The van der Waals surface area contributed by atoms with Gasteiger partial charge in [0.2, 0.25) is 0 Å². The number of hydrogen-bond acceptors (Lipinski definition) is 6. The second kappa shape index (κ2) is 8.34. The number of ether oxygens (including phenoxy) is 1. The van der Waals surface area contributed by atoms with E-state index >= 15 is 0 Å². The molecule has 1 aromatic carbocycles. The molecule has 2 heterocycles. The summed E-state index contributed by atoms with van der Waals surface area (Å²) in [7, 11) is 1.58. The van der Waals surface area contributed by atoms with Crippen LogP contribution < -0.4 is 11.1 Å². The smallest absolute Gasteiger partial charge is 0.275 e. The highest BCUT2D eigenvalue weighted by Gasteiger charge is 2.16. The average molecular weight is 407 g/mol. The van der Waals surface area contributed by atoms with Gasteiger partial charge in [-0.15, -0.1) is 0 Å². The fraction of sp³-hybridized carbons (Fsp3) is 0.176. The first-order chi connectivity index (χ1) is 13.0. The molecule has 0 spiro atoms. The van der Waals surface area contributed by atoms with Crippen LogP contribution in [0.1, 0.15) is 10.5 Å². The molecule has 0 unspecified atom stereocenters. The molecule has 140 valence electrons. The van der Waals surface area contributed by atoms with Crippen LogP contribution in [0.5, 0.6) is 0 Å². The third-order valence-electron chi connectivity index (χ3n) is 3.70. The molecule has 0 fully saturated rings. The molecule has 8 nitrogen and oxygen atoms in total. The van der Waals surface area contributed by atoms with E-state index in [2.05, 4.69) is 20.4 Å². The molecule has 0 aliphatic heterocycles. The topological polar surface area (TPSA) is 108 Å². The molecule has 2 aromatic heterocycles. The van der Waals surface area contributed by atoms with Crippen LogP contribution in [0.3, 0.4) is 0 Å². The van der Waals surface area contributed by atoms with Crippen molar-refractivity contribution in [2.75, 3.05) is 24.8 Å². The first kappa shape index (κ1) is 19.1. The Labute approximate surface area is 165 Å². The van der Waals surface area contributed by atoms with Crippen LogP contribution >= 0.6 is 23.2 Å². The largest absolute Gasteiger partial charge is 0.383 e. The van der Waals surface area contributed by atoms with Gasteiger partial charge in [0.25, 0.3) is 5.91 Å². The standard InChI is InChI=1S/C17H16Cl2N6O2/c1-27-8-7-25-12(5-6-22-25)17(26)24-13-9-21-15(16(20)23-13)10-3-2-4-11(18)14(10)19/h2-6,9H,7-8H2,1H3,(H3,20,23,24,26). The second-order valence-corrected chi connectivity index (χ2v) is 6.26. The first-order valence-electron chi connectivity index (χ1n) is 7.90. The fourth-order valence-electron chi connectivity index (χ4n) is 2.42. The summed E-state index contributed by atoms with van der Waals surface area (Å²) in [5.41, 5.74) is 7.31. The van der Waals surface area contributed by atoms with Crippen LogP contribution in [0.25, 0.3) is 11.3 Å². The maximum atomic E-state index is 12.5. The Bertz CT molecular complexity index is 976. The van der Waals surface area contributed by atoms with Crippen molar-refractivity contribution in [2.24, 2.45) is 0 Å². The Balaban J connectivity index is 1.81. The highest BCUT2D eigenvalue weighted by Crippen LogP contribution is 2.34. The van der Waals surface area contributed by atoms with Gasteiger partial charge in [-0.25, -0.2) is 9.97 Å². The zero-order valence-electron chi connectivity index (χ0n) is 14.3. The predicted molar refractivity (Wildman–Crippen MR) is 104 cm³/mol. The quantitative estimate of drug-likeness (QED) is 0.650. The van der Waals surface area contributed by atoms with Crippen LogP contribution in [0.4, 0.5) is 11.6 Å². The summed E-state index contributed by atoms with van der Waals surface area (Å²) in [5.74, 6) is -0.0606. The number of nitrogens with zero attached hydrogens (tertiary/aromatic N) is 4. The van der Waals surface area contributed by atoms with E-state index in [0.717, 1.165) is 0 Å². The van der Waals surface area contributed by atoms with Crippen molar-refractivity contribution in [1.82, 2.24) is 19.7 Å². The number of benzene rings is 1. The number of rotatable bonds is 6. The molecular weight excluding hydrogens is 391 g/mol. The Morgan fingerprint density at radius 1 is 1.33 bits per heavy atom. The maximum absolute atomic E-state index is 12.5. The maximum Gasteiger partial charge on any atom is 0.275 e. The van der Waals surface area contributed by atoms with Gasteiger partial charge in [0.15, 0.2) is 11.6 Å². The van der Waals surface area contributed by atoms with Gasteiger partial charge < -0.3 is 15.8 Å². The van der Waals surface area contributed by atoms with Gasteiger partial charge in [-0.1, -0.05) is 35.3 Å². The number of halogens is 2. The molecule has 0 saturated carbocycles. The summed E-state index contributed by atoms with van der Waals surface area (Å²) in [6, 6.07) is 6.74. The number of carbonyl (C=O) groups is 1. The molecule has 1 amide bonds. The van der Waals surface area contributed by atoms with Gasteiger partial charge in [0.05, 0.1) is 29.4 Å². The van der Waals surface area contributed by atoms with Crippen LogP contribution in [-0.2, 0) is 11.3 Å². The summed E-state index contributed by atoms with van der Waals surface area (Å²) >= 11 is 12.2. The Morgan fingerprint density at radius 3 is 2.89 bits per heavy atom. The number of anilines is 2. The third-order valence-corrected chi connectivity index (χ3v) is 4.52. The number of hydrogen-bond donors (Lipinski definition) is 2. The van der Waals surface area contributed by atoms with Crippen molar-refractivity contribution >= 4 is 40.7 Å². The number of carbonyl (C=O) groups excluding carboxylic acids is 1. The molecule has 0 aliphatic carbocycles.